The van der Waals surface area contributed by atoms with Crippen molar-refractivity contribution in [3.63, 3.8) is 0 Å². The van der Waals surface area contributed by atoms with Gasteiger partial charge >= 0.3 is 0 Å². The number of aryl methyl sites for hydroxylation is 1. The van der Waals surface area contributed by atoms with Gasteiger partial charge < -0.3 is 5.32 Å². The van der Waals surface area contributed by atoms with Gasteiger partial charge in [-0.05, 0) is 57.0 Å². The van der Waals surface area contributed by atoms with E-state index in [1.165, 1.54) is 6.07 Å². The molecule has 0 aliphatic carbocycles. The number of aromatic nitrogens is 2. The summed E-state index contributed by atoms with van der Waals surface area (Å²) < 4.78 is 15.5. The first kappa shape index (κ1) is 15.7. The number of halogens is 1. The molecule has 0 spiro atoms. The van der Waals surface area contributed by atoms with Crippen LogP contribution >= 0.6 is 0 Å². The summed E-state index contributed by atoms with van der Waals surface area (Å²) in [6.45, 7) is 9.93. The van der Waals surface area contributed by atoms with E-state index in [-0.39, 0.29) is 5.82 Å². The van der Waals surface area contributed by atoms with Crippen LogP contribution in [0.4, 0.5) is 4.39 Å². The summed E-state index contributed by atoms with van der Waals surface area (Å²) in [5.74, 6) is -0.194. The lowest BCUT2D eigenvalue weighted by Crippen LogP contribution is -2.14. The monoisotopic (exact) mass is 289 g/mol. The Bertz CT molecular complexity index is 602. The van der Waals surface area contributed by atoms with Crippen molar-refractivity contribution >= 4 is 0 Å². The third-order valence-electron chi connectivity index (χ3n) is 3.55. The van der Waals surface area contributed by atoms with Gasteiger partial charge in [-0.25, -0.2) is 4.39 Å². The molecule has 0 fully saturated rings. The highest BCUT2D eigenvalue weighted by molar-refractivity contribution is 5.69. The molecule has 114 valence electrons. The predicted molar refractivity (Wildman–Crippen MR) is 84.7 cm³/mol. The number of hydrogen-bond donors (Lipinski definition) is 1. The molecule has 21 heavy (non-hydrogen) atoms. The van der Waals surface area contributed by atoms with Crippen LogP contribution in [0.15, 0.2) is 24.4 Å². The fraction of sp³-hybridized carbons (Fsp3) is 0.471. The minimum Gasteiger partial charge on any atom is -0.313 e. The first-order valence-corrected chi connectivity index (χ1v) is 7.58. The van der Waals surface area contributed by atoms with Gasteiger partial charge in [0.05, 0.1) is 5.69 Å². The standard InChI is InChI=1S/C17H24FN3/c1-5-8-19-10-14-9-15(18)6-7-16(14)17-11-21(12(2)3)20-13(17)4/h6-7,9,11-12,19H,5,8,10H2,1-4H3. The summed E-state index contributed by atoms with van der Waals surface area (Å²) in [6, 6.07) is 5.31. The molecule has 1 N–H and O–H groups in total. The number of hydrogen-bond acceptors (Lipinski definition) is 2. The van der Waals surface area contributed by atoms with Crippen molar-refractivity contribution in [3.05, 3.63) is 41.5 Å². The molecule has 0 atom stereocenters. The fourth-order valence-electron chi connectivity index (χ4n) is 2.38. The van der Waals surface area contributed by atoms with Crippen molar-refractivity contribution < 1.29 is 4.39 Å². The van der Waals surface area contributed by atoms with E-state index >= 15 is 0 Å². The zero-order valence-corrected chi connectivity index (χ0v) is 13.3. The summed E-state index contributed by atoms with van der Waals surface area (Å²) in [7, 11) is 0. The number of nitrogens with one attached hydrogen (secondary N) is 1. The Morgan fingerprint density at radius 1 is 1.29 bits per heavy atom. The summed E-state index contributed by atoms with van der Waals surface area (Å²) in [5.41, 5.74) is 4.10. The smallest absolute Gasteiger partial charge is 0.123 e. The molecule has 3 nitrogen and oxygen atoms in total. The van der Waals surface area contributed by atoms with E-state index in [1.807, 2.05) is 17.7 Å². The minimum absolute atomic E-state index is 0.194. The van der Waals surface area contributed by atoms with Crippen molar-refractivity contribution in [1.82, 2.24) is 15.1 Å². The number of rotatable bonds is 6. The van der Waals surface area contributed by atoms with Crippen molar-refractivity contribution in [1.29, 1.82) is 0 Å². The van der Waals surface area contributed by atoms with Crippen LogP contribution in [0.2, 0.25) is 0 Å². The Morgan fingerprint density at radius 3 is 2.67 bits per heavy atom. The maximum atomic E-state index is 13.6. The Balaban J connectivity index is 2.38. The van der Waals surface area contributed by atoms with Crippen molar-refractivity contribution in [3.8, 4) is 11.1 Å². The Morgan fingerprint density at radius 2 is 2.05 bits per heavy atom. The van der Waals surface area contributed by atoms with Crippen molar-refractivity contribution in [2.45, 2.75) is 46.7 Å². The van der Waals surface area contributed by atoms with E-state index in [4.69, 9.17) is 0 Å². The third kappa shape index (κ3) is 3.70. The fourth-order valence-corrected chi connectivity index (χ4v) is 2.38. The highest BCUT2D eigenvalue weighted by atomic mass is 19.1. The lowest BCUT2D eigenvalue weighted by molar-refractivity contribution is 0.529. The average molecular weight is 289 g/mol. The van der Waals surface area contributed by atoms with Gasteiger partial charge in [0.25, 0.3) is 0 Å². The van der Waals surface area contributed by atoms with E-state index in [0.29, 0.717) is 12.6 Å². The molecule has 2 rings (SSSR count). The normalized spacial score (nSPS) is 11.3. The first-order valence-electron chi connectivity index (χ1n) is 7.58. The highest BCUT2D eigenvalue weighted by Gasteiger charge is 2.13. The Labute approximate surface area is 126 Å². The summed E-state index contributed by atoms with van der Waals surface area (Å²) in [6.07, 6.45) is 3.12. The van der Waals surface area contributed by atoms with E-state index < -0.39 is 0 Å². The highest BCUT2D eigenvalue weighted by Crippen LogP contribution is 2.28. The molecule has 4 heteroatoms. The molecule has 0 aliphatic heterocycles. The maximum absolute atomic E-state index is 13.6. The topological polar surface area (TPSA) is 29.9 Å². The summed E-state index contributed by atoms with van der Waals surface area (Å²) in [5, 5.41) is 7.89. The maximum Gasteiger partial charge on any atom is 0.123 e. The SMILES string of the molecule is CCCNCc1cc(F)ccc1-c1cn(C(C)C)nc1C. The van der Waals surface area contributed by atoms with Crippen LogP contribution in [0.3, 0.4) is 0 Å². The quantitative estimate of drug-likeness (QED) is 0.812. The lowest BCUT2D eigenvalue weighted by Gasteiger charge is -2.10. The van der Waals surface area contributed by atoms with Gasteiger partial charge in [0.15, 0.2) is 0 Å². The molecule has 0 bridgehead atoms. The number of benzene rings is 1. The molecule has 1 aromatic heterocycles. The van der Waals surface area contributed by atoms with E-state index in [0.717, 1.165) is 35.3 Å². The van der Waals surface area contributed by atoms with Crippen LogP contribution in [0.25, 0.3) is 11.1 Å². The third-order valence-corrected chi connectivity index (χ3v) is 3.55. The molecular weight excluding hydrogens is 265 g/mol. The molecular formula is C17H24FN3. The second-order valence-electron chi connectivity index (χ2n) is 5.68. The zero-order valence-electron chi connectivity index (χ0n) is 13.3. The van der Waals surface area contributed by atoms with Gasteiger partial charge in [-0.15, -0.1) is 0 Å². The molecule has 0 saturated carbocycles. The van der Waals surface area contributed by atoms with Crippen LogP contribution < -0.4 is 5.32 Å². The first-order chi connectivity index (χ1) is 10.0. The second-order valence-corrected chi connectivity index (χ2v) is 5.68. The van der Waals surface area contributed by atoms with E-state index in [1.54, 1.807) is 6.07 Å². The predicted octanol–water partition coefficient (Wildman–Crippen LogP) is 4.08. The molecule has 0 aliphatic rings. The van der Waals surface area contributed by atoms with Crippen LogP contribution in [-0.2, 0) is 6.54 Å². The van der Waals surface area contributed by atoms with E-state index in [2.05, 4.69) is 37.4 Å². The van der Waals surface area contributed by atoms with Crippen molar-refractivity contribution in [2.24, 2.45) is 0 Å². The van der Waals surface area contributed by atoms with Gasteiger partial charge in [0.1, 0.15) is 5.82 Å². The molecule has 1 heterocycles. The molecule has 0 saturated heterocycles. The molecule has 2 aromatic rings. The van der Waals surface area contributed by atoms with Gasteiger partial charge in [0.2, 0.25) is 0 Å². The molecule has 0 radical (unpaired) electrons. The molecule has 1 aromatic carbocycles. The van der Waals surface area contributed by atoms with Crippen LogP contribution in [0.1, 0.15) is 44.5 Å². The van der Waals surface area contributed by atoms with Gasteiger partial charge in [-0.3, -0.25) is 4.68 Å². The lowest BCUT2D eigenvalue weighted by atomic mass is 10.00. The van der Waals surface area contributed by atoms with E-state index in [9.17, 15) is 4.39 Å². The average Bonchev–Trinajstić information content (AvgIpc) is 2.82. The largest absolute Gasteiger partial charge is 0.313 e. The van der Waals surface area contributed by atoms with Crippen LogP contribution in [0.5, 0.6) is 0 Å². The molecule has 0 amide bonds. The van der Waals surface area contributed by atoms with Gasteiger partial charge in [-0.2, -0.15) is 5.10 Å². The second kappa shape index (κ2) is 6.85. The van der Waals surface area contributed by atoms with Crippen LogP contribution in [-0.4, -0.2) is 16.3 Å². The van der Waals surface area contributed by atoms with Crippen LogP contribution in [0, 0.1) is 12.7 Å². The minimum atomic E-state index is -0.194. The summed E-state index contributed by atoms with van der Waals surface area (Å²) in [4.78, 5) is 0. The van der Waals surface area contributed by atoms with Crippen molar-refractivity contribution in [2.75, 3.05) is 6.54 Å². The summed E-state index contributed by atoms with van der Waals surface area (Å²) >= 11 is 0. The van der Waals surface area contributed by atoms with Gasteiger partial charge in [0, 0.05) is 24.3 Å². The Hall–Kier alpha value is -1.68. The van der Waals surface area contributed by atoms with Gasteiger partial charge in [-0.1, -0.05) is 13.0 Å². The number of nitrogens with zero attached hydrogens (tertiary/aromatic N) is 2. The Kier molecular flexibility index (Phi) is 5.12. The molecule has 0 unspecified atom stereocenters. The zero-order chi connectivity index (χ0) is 15.4.